The molecule has 0 saturated carbocycles. The number of aromatic nitrogens is 1. The third kappa shape index (κ3) is 3.93. The molecule has 1 aromatic heterocycles. The van der Waals surface area contributed by atoms with E-state index >= 15 is 0 Å². The molecular formula is C19H12FN3O5S2. The van der Waals surface area contributed by atoms with E-state index < -0.39 is 26.5 Å². The molecule has 1 N–H and O–H groups in total. The van der Waals surface area contributed by atoms with Gasteiger partial charge in [-0.3, -0.25) is 14.8 Å². The first-order valence-corrected chi connectivity index (χ1v) is 10.7. The number of hydrogen-bond acceptors (Lipinski definition) is 7. The maximum Gasteiger partial charge on any atom is 0.272 e. The van der Waals surface area contributed by atoms with Crippen LogP contribution in [0.4, 0.5) is 15.2 Å². The van der Waals surface area contributed by atoms with Crippen molar-refractivity contribution in [3.63, 3.8) is 0 Å². The molecule has 0 spiro atoms. The highest BCUT2D eigenvalue weighted by atomic mass is 32.2. The van der Waals surface area contributed by atoms with Crippen LogP contribution in [0.1, 0.15) is 0 Å². The molecule has 8 nitrogen and oxygen atoms in total. The van der Waals surface area contributed by atoms with Crippen molar-refractivity contribution in [3.05, 3.63) is 82.7 Å². The number of non-ortho nitro benzene ring substituents is 1. The van der Waals surface area contributed by atoms with E-state index in [0.29, 0.717) is 11.6 Å². The lowest BCUT2D eigenvalue weighted by atomic mass is 10.3. The minimum atomic E-state index is -4.10. The second-order valence-electron chi connectivity index (χ2n) is 6.01. The van der Waals surface area contributed by atoms with Crippen LogP contribution in [0.3, 0.4) is 0 Å². The van der Waals surface area contributed by atoms with Crippen molar-refractivity contribution >= 4 is 42.4 Å². The molecule has 0 unspecified atom stereocenters. The van der Waals surface area contributed by atoms with E-state index in [-0.39, 0.29) is 21.5 Å². The number of ether oxygens (including phenoxy) is 1. The van der Waals surface area contributed by atoms with Crippen LogP contribution >= 0.6 is 11.3 Å². The Morgan fingerprint density at radius 3 is 2.50 bits per heavy atom. The van der Waals surface area contributed by atoms with Crippen molar-refractivity contribution in [1.29, 1.82) is 0 Å². The second kappa shape index (κ2) is 7.69. The SMILES string of the molecule is O=[N+]([O-])c1ccc(Oc2ccccc2S(=O)(=O)Nc2nc3ccccc3s2)c(F)c1. The number of nitro benzene ring substituents is 1. The highest BCUT2D eigenvalue weighted by molar-refractivity contribution is 7.93. The monoisotopic (exact) mass is 445 g/mol. The van der Waals surface area contributed by atoms with Crippen LogP contribution < -0.4 is 9.46 Å². The van der Waals surface area contributed by atoms with E-state index in [1.165, 1.54) is 35.6 Å². The van der Waals surface area contributed by atoms with Gasteiger partial charge in [0, 0.05) is 6.07 Å². The average molecular weight is 445 g/mol. The number of rotatable bonds is 6. The maximum absolute atomic E-state index is 14.2. The fraction of sp³-hybridized carbons (Fsp3) is 0. The molecule has 3 aromatic carbocycles. The van der Waals surface area contributed by atoms with E-state index in [1.807, 2.05) is 12.1 Å². The largest absolute Gasteiger partial charge is 0.453 e. The van der Waals surface area contributed by atoms with Crippen LogP contribution in [0.2, 0.25) is 0 Å². The van der Waals surface area contributed by atoms with Gasteiger partial charge in [-0.2, -0.15) is 0 Å². The van der Waals surface area contributed by atoms with Gasteiger partial charge < -0.3 is 4.74 Å². The molecule has 0 aliphatic carbocycles. The smallest absolute Gasteiger partial charge is 0.272 e. The standard InChI is InChI=1S/C19H12FN3O5S2/c20-13-11-12(23(24)25)9-10-15(13)28-16-6-2-4-8-18(16)30(26,27)22-19-21-14-5-1-3-7-17(14)29-19/h1-11H,(H,21,22). The normalized spacial score (nSPS) is 11.4. The van der Waals surface area contributed by atoms with E-state index in [2.05, 4.69) is 9.71 Å². The topological polar surface area (TPSA) is 111 Å². The molecule has 152 valence electrons. The summed E-state index contributed by atoms with van der Waals surface area (Å²) in [6, 6.07) is 15.7. The number of thiazole rings is 1. The first-order valence-electron chi connectivity index (χ1n) is 8.43. The predicted octanol–water partition coefficient (Wildman–Crippen LogP) is 4.94. The summed E-state index contributed by atoms with van der Waals surface area (Å²) in [7, 11) is -4.10. The van der Waals surface area contributed by atoms with Crippen molar-refractivity contribution in [2.45, 2.75) is 4.90 Å². The van der Waals surface area contributed by atoms with Crippen molar-refractivity contribution in [1.82, 2.24) is 4.98 Å². The summed E-state index contributed by atoms with van der Waals surface area (Å²) in [5.41, 5.74) is 0.205. The lowest BCUT2D eigenvalue weighted by Crippen LogP contribution is -2.13. The minimum Gasteiger partial charge on any atom is -0.453 e. The summed E-state index contributed by atoms with van der Waals surface area (Å²) in [4.78, 5) is 14.0. The lowest BCUT2D eigenvalue weighted by molar-refractivity contribution is -0.385. The number of benzene rings is 3. The number of anilines is 1. The Morgan fingerprint density at radius 1 is 1.03 bits per heavy atom. The second-order valence-corrected chi connectivity index (χ2v) is 8.69. The molecule has 0 atom stereocenters. The number of halogens is 1. The van der Waals surface area contributed by atoms with Gasteiger partial charge in [0.05, 0.1) is 21.2 Å². The third-order valence-electron chi connectivity index (χ3n) is 4.00. The van der Waals surface area contributed by atoms with Crippen molar-refractivity contribution in [3.8, 4) is 11.5 Å². The van der Waals surface area contributed by atoms with Gasteiger partial charge in [-0.05, 0) is 30.3 Å². The summed E-state index contributed by atoms with van der Waals surface area (Å²) in [6.07, 6.45) is 0. The first-order chi connectivity index (χ1) is 14.3. The van der Waals surface area contributed by atoms with Gasteiger partial charge in [-0.25, -0.2) is 17.8 Å². The van der Waals surface area contributed by atoms with Gasteiger partial charge in [0.15, 0.2) is 16.7 Å². The van der Waals surface area contributed by atoms with E-state index in [0.717, 1.165) is 16.8 Å². The molecule has 0 bridgehead atoms. The Morgan fingerprint density at radius 2 is 1.77 bits per heavy atom. The Bertz CT molecular complexity index is 1340. The quantitative estimate of drug-likeness (QED) is 0.332. The van der Waals surface area contributed by atoms with Crippen LogP contribution in [0.5, 0.6) is 11.5 Å². The first kappa shape index (κ1) is 19.7. The van der Waals surface area contributed by atoms with E-state index in [9.17, 15) is 22.9 Å². The minimum absolute atomic E-state index is 0.140. The highest BCUT2D eigenvalue weighted by Crippen LogP contribution is 2.34. The van der Waals surface area contributed by atoms with Crippen molar-refractivity contribution in [2.24, 2.45) is 0 Å². The van der Waals surface area contributed by atoms with Crippen LogP contribution in [-0.4, -0.2) is 18.3 Å². The summed E-state index contributed by atoms with van der Waals surface area (Å²) >= 11 is 1.17. The number of nitrogens with zero attached hydrogens (tertiary/aromatic N) is 2. The van der Waals surface area contributed by atoms with Crippen LogP contribution in [0, 0.1) is 15.9 Å². The Hall–Kier alpha value is -3.57. The van der Waals surface area contributed by atoms with Gasteiger partial charge in [0.1, 0.15) is 10.6 Å². The summed E-state index contributed by atoms with van der Waals surface area (Å²) in [5, 5.41) is 10.9. The molecule has 11 heteroatoms. The van der Waals surface area contributed by atoms with Gasteiger partial charge in [0.25, 0.3) is 15.7 Å². The predicted molar refractivity (Wildman–Crippen MR) is 110 cm³/mol. The summed E-state index contributed by atoms with van der Waals surface area (Å²) in [6.45, 7) is 0. The molecule has 4 rings (SSSR count). The van der Waals surface area contributed by atoms with Gasteiger partial charge in [0.2, 0.25) is 0 Å². The molecule has 0 aliphatic heterocycles. The molecule has 0 radical (unpaired) electrons. The Kier molecular flexibility index (Phi) is 5.06. The van der Waals surface area contributed by atoms with Gasteiger partial charge in [-0.1, -0.05) is 35.6 Å². The number of hydrogen-bond donors (Lipinski definition) is 1. The van der Waals surface area contributed by atoms with Crippen LogP contribution in [-0.2, 0) is 10.0 Å². The molecule has 0 aliphatic rings. The third-order valence-corrected chi connectivity index (χ3v) is 6.46. The molecule has 0 saturated heterocycles. The molecule has 30 heavy (non-hydrogen) atoms. The van der Waals surface area contributed by atoms with Crippen LogP contribution in [0.25, 0.3) is 10.2 Å². The zero-order valence-corrected chi connectivity index (χ0v) is 16.6. The molecule has 0 amide bonds. The summed E-state index contributed by atoms with van der Waals surface area (Å²) in [5.74, 6) is -1.47. The fourth-order valence-electron chi connectivity index (χ4n) is 2.65. The fourth-order valence-corrected chi connectivity index (χ4v) is 4.88. The maximum atomic E-state index is 14.2. The molecule has 1 heterocycles. The molecule has 0 fully saturated rings. The number of para-hydroxylation sites is 2. The van der Waals surface area contributed by atoms with Crippen LogP contribution in [0.15, 0.2) is 71.6 Å². The van der Waals surface area contributed by atoms with Crippen molar-refractivity contribution in [2.75, 3.05) is 4.72 Å². The van der Waals surface area contributed by atoms with E-state index in [4.69, 9.17) is 4.74 Å². The summed E-state index contributed by atoms with van der Waals surface area (Å²) < 4.78 is 48.6. The Labute approximate surface area is 173 Å². The number of sulfonamides is 1. The average Bonchev–Trinajstić information content (AvgIpc) is 3.11. The number of fused-ring (bicyclic) bond motifs is 1. The lowest BCUT2D eigenvalue weighted by Gasteiger charge is -2.12. The highest BCUT2D eigenvalue weighted by Gasteiger charge is 2.22. The van der Waals surface area contributed by atoms with Gasteiger partial charge >= 0.3 is 0 Å². The van der Waals surface area contributed by atoms with E-state index in [1.54, 1.807) is 12.1 Å². The number of nitro groups is 1. The molecule has 4 aromatic rings. The molecular weight excluding hydrogens is 433 g/mol. The van der Waals surface area contributed by atoms with Crippen molar-refractivity contribution < 1.29 is 22.5 Å². The zero-order valence-electron chi connectivity index (χ0n) is 15.0. The number of nitrogens with one attached hydrogen (secondary N) is 1. The Balaban J connectivity index is 1.66. The zero-order chi connectivity index (χ0) is 21.3. The van der Waals surface area contributed by atoms with Gasteiger partial charge in [-0.15, -0.1) is 0 Å².